The van der Waals surface area contributed by atoms with Gasteiger partial charge in [0.2, 0.25) is 11.8 Å². The van der Waals surface area contributed by atoms with Crippen LogP contribution in [0.15, 0.2) is 29.6 Å². The first-order chi connectivity index (χ1) is 13.0. The van der Waals surface area contributed by atoms with Crippen molar-refractivity contribution in [2.24, 2.45) is 11.8 Å². The van der Waals surface area contributed by atoms with E-state index >= 15 is 0 Å². The topological polar surface area (TPSA) is 83.1 Å². The lowest BCUT2D eigenvalue weighted by atomic mass is 9.84. The Bertz CT molecular complexity index is 788. The fraction of sp³-hybridized carbons (Fsp3) is 0.450. The van der Waals surface area contributed by atoms with Crippen LogP contribution >= 0.6 is 23.7 Å². The summed E-state index contributed by atoms with van der Waals surface area (Å²) in [6.07, 6.45) is 2.82. The Morgan fingerprint density at radius 1 is 1.21 bits per heavy atom. The number of piperidine rings is 1. The minimum absolute atomic E-state index is 0. The molecule has 0 saturated carbocycles. The number of thiazole rings is 1. The van der Waals surface area contributed by atoms with Gasteiger partial charge in [0.1, 0.15) is 0 Å². The molecule has 0 spiro atoms. The van der Waals surface area contributed by atoms with E-state index in [0.717, 1.165) is 42.9 Å². The SMILES string of the molecule is CC(=O)Nc1ccc(-c2csc(NC(=O)CC(C)C3CCNCC3)n2)cc1.Cl. The van der Waals surface area contributed by atoms with Crippen molar-refractivity contribution in [3.8, 4) is 11.3 Å². The lowest BCUT2D eigenvalue weighted by molar-refractivity contribution is -0.117. The summed E-state index contributed by atoms with van der Waals surface area (Å²) in [5.41, 5.74) is 2.52. The molecule has 3 rings (SSSR count). The summed E-state index contributed by atoms with van der Waals surface area (Å²) in [5, 5.41) is 11.6. The van der Waals surface area contributed by atoms with Gasteiger partial charge in [-0.25, -0.2) is 4.98 Å². The highest BCUT2D eigenvalue weighted by molar-refractivity contribution is 7.14. The summed E-state index contributed by atoms with van der Waals surface area (Å²) >= 11 is 1.43. The molecule has 152 valence electrons. The molecule has 2 aromatic rings. The molecule has 1 atom stereocenters. The van der Waals surface area contributed by atoms with E-state index in [1.807, 2.05) is 29.6 Å². The van der Waals surface area contributed by atoms with Gasteiger partial charge in [-0.3, -0.25) is 9.59 Å². The number of hydrogen-bond acceptors (Lipinski definition) is 5. The number of rotatable bonds is 6. The minimum atomic E-state index is -0.0971. The number of amides is 2. The number of nitrogens with zero attached hydrogens (tertiary/aromatic N) is 1. The van der Waals surface area contributed by atoms with Gasteiger partial charge in [-0.2, -0.15) is 0 Å². The standard InChI is InChI=1S/C20H26N4O2S.ClH/c1-13(15-7-9-21-10-8-15)11-19(26)24-20-23-18(12-27-20)16-3-5-17(6-4-16)22-14(2)25;/h3-6,12-13,15,21H,7-11H2,1-2H3,(H,22,25)(H,23,24,26);1H. The fourth-order valence-electron chi connectivity index (χ4n) is 3.43. The van der Waals surface area contributed by atoms with Gasteiger partial charge in [0, 0.05) is 30.0 Å². The molecular weight excluding hydrogens is 396 g/mol. The van der Waals surface area contributed by atoms with Crippen molar-refractivity contribution in [2.45, 2.75) is 33.1 Å². The molecule has 2 amide bonds. The van der Waals surface area contributed by atoms with Crippen molar-refractivity contribution < 1.29 is 9.59 Å². The average molecular weight is 423 g/mol. The van der Waals surface area contributed by atoms with Gasteiger partial charge in [-0.15, -0.1) is 23.7 Å². The average Bonchev–Trinajstić information content (AvgIpc) is 3.11. The fourth-order valence-corrected chi connectivity index (χ4v) is 4.17. The molecule has 0 bridgehead atoms. The van der Waals surface area contributed by atoms with Crippen LogP contribution in [0.2, 0.25) is 0 Å². The normalized spacial score (nSPS) is 15.4. The van der Waals surface area contributed by atoms with Crippen molar-refractivity contribution in [1.82, 2.24) is 10.3 Å². The number of hydrogen-bond donors (Lipinski definition) is 3. The van der Waals surface area contributed by atoms with E-state index in [-0.39, 0.29) is 24.2 Å². The first-order valence-electron chi connectivity index (χ1n) is 9.35. The Labute approximate surface area is 175 Å². The third kappa shape index (κ3) is 6.29. The summed E-state index contributed by atoms with van der Waals surface area (Å²) in [6.45, 7) is 5.75. The molecule has 0 aliphatic carbocycles. The molecule has 1 aromatic heterocycles. The molecule has 2 heterocycles. The maximum atomic E-state index is 12.4. The van der Waals surface area contributed by atoms with E-state index in [0.29, 0.717) is 23.4 Å². The third-order valence-corrected chi connectivity index (χ3v) is 5.71. The molecule has 1 aliphatic rings. The van der Waals surface area contributed by atoms with E-state index < -0.39 is 0 Å². The zero-order valence-electron chi connectivity index (χ0n) is 16.2. The highest BCUT2D eigenvalue weighted by atomic mass is 35.5. The summed E-state index contributed by atoms with van der Waals surface area (Å²) in [7, 11) is 0. The summed E-state index contributed by atoms with van der Waals surface area (Å²) in [6, 6.07) is 7.50. The molecule has 8 heteroatoms. The van der Waals surface area contributed by atoms with E-state index in [1.165, 1.54) is 18.3 Å². The number of halogens is 1. The van der Waals surface area contributed by atoms with Crippen molar-refractivity contribution in [3.05, 3.63) is 29.6 Å². The number of carbonyl (C=O) groups is 2. The van der Waals surface area contributed by atoms with Gasteiger partial charge in [0.15, 0.2) is 5.13 Å². The zero-order valence-corrected chi connectivity index (χ0v) is 17.8. The second-order valence-electron chi connectivity index (χ2n) is 7.11. The van der Waals surface area contributed by atoms with Crippen LogP contribution < -0.4 is 16.0 Å². The van der Waals surface area contributed by atoms with Crippen LogP contribution in [-0.2, 0) is 9.59 Å². The van der Waals surface area contributed by atoms with Crippen molar-refractivity contribution in [2.75, 3.05) is 23.7 Å². The number of aromatic nitrogens is 1. The number of nitrogens with one attached hydrogen (secondary N) is 3. The van der Waals surface area contributed by atoms with Crippen LogP contribution in [0.3, 0.4) is 0 Å². The molecule has 1 aliphatic heterocycles. The van der Waals surface area contributed by atoms with Crippen molar-refractivity contribution in [3.63, 3.8) is 0 Å². The van der Waals surface area contributed by atoms with Crippen LogP contribution in [0.4, 0.5) is 10.8 Å². The predicted octanol–water partition coefficient (Wildman–Crippen LogP) is 4.15. The van der Waals surface area contributed by atoms with Crippen molar-refractivity contribution in [1.29, 1.82) is 0 Å². The van der Waals surface area contributed by atoms with E-state index in [4.69, 9.17) is 0 Å². The second kappa shape index (κ2) is 10.5. The first kappa shape index (κ1) is 22.3. The van der Waals surface area contributed by atoms with Gasteiger partial charge in [0.05, 0.1) is 5.69 Å². The molecular formula is C20H27ClN4O2S. The first-order valence-corrected chi connectivity index (χ1v) is 10.2. The molecule has 6 nitrogen and oxygen atoms in total. The Morgan fingerprint density at radius 3 is 2.54 bits per heavy atom. The molecule has 0 radical (unpaired) electrons. The predicted molar refractivity (Wildman–Crippen MR) is 117 cm³/mol. The lowest BCUT2D eigenvalue weighted by Gasteiger charge is -2.27. The van der Waals surface area contributed by atoms with Crippen LogP contribution in [0, 0.1) is 11.8 Å². The summed E-state index contributed by atoms with van der Waals surface area (Å²) in [5.74, 6) is 0.932. The van der Waals surface area contributed by atoms with E-state index in [2.05, 4.69) is 27.9 Å². The Kier molecular flexibility index (Phi) is 8.41. The van der Waals surface area contributed by atoms with Gasteiger partial charge in [0.25, 0.3) is 0 Å². The Hall–Kier alpha value is -1.96. The number of carbonyl (C=O) groups excluding carboxylic acids is 2. The van der Waals surface area contributed by atoms with E-state index in [1.54, 1.807) is 0 Å². The van der Waals surface area contributed by atoms with Crippen LogP contribution in [-0.4, -0.2) is 29.9 Å². The summed E-state index contributed by atoms with van der Waals surface area (Å²) < 4.78 is 0. The minimum Gasteiger partial charge on any atom is -0.326 e. The van der Waals surface area contributed by atoms with Crippen LogP contribution in [0.25, 0.3) is 11.3 Å². The molecule has 1 unspecified atom stereocenters. The van der Waals surface area contributed by atoms with Crippen LogP contribution in [0.5, 0.6) is 0 Å². The molecule has 3 N–H and O–H groups in total. The Balaban J connectivity index is 0.00000280. The zero-order chi connectivity index (χ0) is 19.2. The molecule has 1 saturated heterocycles. The smallest absolute Gasteiger partial charge is 0.226 e. The monoisotopic (exact) mass is 422 g/mol. The maximum Gasteiger partial charge on any atom is 0.226 e. The van der Waals surface area contributed by atoms with Gasteiger partial charge in [-0.05, 0) is 49.9 Å². The van der Waals surface area contributed by atoms with Gasteiger partial charge < -0.3 is 16.0 Å². The van der Waals surface area contributed by atoms with E-state index in [9.17, 15) is 9.59 Å². The van der Waals surface area contributed by atoms with Crippen molar-refractivity contribution >= 4 is 46.4 Å². The largest absolute Gasteiger partial charge is 0.326 e. The second-order valence-corrected chi connectivity index (χ2v) is 7.97. The van der Waals surface area contributed by atoms with Gasteiger partial charge in [-0.1, -0.05) is 19.1 Å². The molecule has 28 heavy (non-hydrogen) atoms. The lowest BCUT2D eigenvalue weighted by Crippen LogP contribution is -2.32. The van der Waals surface area contributed by atoms with Gasteiger partial charge >= 0.3 is 0 Å². The molecule has 1 fully saturated rings. The Morgan fingerprint density at radius 2 is 1.89 bits per heavy atom. The highest BCUT2D eigenvalue weighted by Crippen LogP contribution is 2.28. The quantitative estimate of drug-likeness (QED) is 0.652. The number of anilines is 2. The molecule has 1 aromatic carbocycles. The third-order valence-electron chi connectivity index (χ3n) is 4.95. The number of benzene rings is 1. The highest BCUT2D eigenvalue weighted by Gasteiger charge is 2.22. The maximum absolute atomic E-state index is 12.4. The van der Waals surface area contributed by atoms with Crippen LogP contribution in [0.1, 0.15) is 33.1 Å². The summed E-state index contributed by atoms with van der Waals surface area (Å²) in [4.78, 5) is 28.0.